The second kappa shape index (κ2) is 6.01. The van der Waals surface area contributed by atoms with Crippen molar-refractivity contribution in [2.45, 2.75) is 25.8 Å². The van der Waals surface area contributed by atoms with Crippen molar-refractivity contribution in [3.05, 3.63) is 16.1 Å². The van der Waals surface area contributed by atoms with Gasteiger partial charge in [-0.3, -0.25) is 0 Å². The number of carbonyl (C=O) groups excluding carboxylic acids is 1. The number of thiazole rings is 1. The molecule has 0 unspecified atom stereocenters. The Morgan fingerprint density at radius 3 is 2.84 bits per heavy atom. The third kappa shape index (κ3) is 3.66. The van der Waals surface area contributed by atoms with Gasteiger partial charge in [0.05, 0.1) is 6.54 Å². The van der Waals surface area contributed by atoms with Gasteiger partial charge in [0.15, 0.2) is 5.69 Å². The number of carboxylic acids is 1. The van der Waals surface area contributed by atoms with Crippen molar-refractivity contribution in [3.8, 4) is 0 Å². The maximum absolute atomic E-state index is 11.8. The molecule has 19 heavy (non-hydrogen) atoms. The minimum atomic E-state index is -1.05. The highest BCUT2D eigenvalue weighted by Gasteiger charge is 2.21. The highest BCUT2D eigenvalue weighted by Crippen LogP contribution is 2.26. The molecule has 1 heterocycles. The fourth-order valence-electron chi connectivity index (χ4n) is 1.92. The molecule has 0 bridgehead atoms. The van der Waals surface area contributed by atoms with Crippen LogP contribution in [0.1, 0.15) is 34.8 Å². The van der Waals surface area contributed by atoms with Crippen LogP contribution in [0.4, 0.5) is 4.79 Å². The van der Waals surface area contributed by atoms with E-state index in [1.165, 1.54) is 36.0 Å². The molecule has 2 amide bonds. The van der Waals surface area contributed by atoms with E-state index >= 15 is 0 Å². The SMILES string of the molecule is CN(CC1CCC1)C(=O)NCc1nc(C(=O)O)cs1. The molecular weight excluding hydrogens is 266 g/mol. The van der Waals surface area contributed by atoms with Crippen molar-refractivity contribution < 1.29 is 14.7 Å². The topological polar surface area (TPSA) is 82.5 Å². The molecule has 0 spiro atoms. The van der Waals surface area contributed by atoms with Gasteiger partial charge < -0.3 is 15.3 Å². The fraction of sp³-hybridized carbons (Fsp3) is 0.583. The van der Waals surface area contributed by atoms with Crippen LogP contribution in [0.15, 0.2) is 5.38 Å². The van der Waals surface area contributed by atoms with Gasteiger partial charge in [-0.25, -0.2) is 14.6 Å². The molecule has 0 aliphatic heterocycles. The summed E-state index contributed by atoms with van der Waals surface area (Å²) in [5.41, 5.74) is 0.0251. The second-order valence-electron chi connectivity index (χ2n) is 4.77. The van der Waals surface area contributed by atoms with Crippen LogP contribution in [-0.2, 0) is 6.54 Å². The van der Waals surface area contributed by atoms with E-state index in [1.54, 1.807) is 11.9 Å². The number of urea groups is 1. The van der Waals surface area contributed by atoms with Crippen LogP contribution in [0, 0.1) is 5.92 Å². The Bertz CT molecular complexity index is 471. The average molecular weight is 283 g/mol. The zero-order valence-electron chi connectivity index (χ0n) is 10.8. The smallest absolute Gasteiger partial charge is 0.355 e. The van der Waals surface area contributed by atoms with Gasteiger partial charge in [0.1, 0.15) is 5.01 Å². The normalized spacial score (nSPS) is 14.8. The van der Waals surface area contributed by atoms with Crippen LogP contribution >= 0.6 is 11.3 Å². The van der Waals surface area contributed by atoms with E-state index in [4.69, 9.17) is 5.11 Å². The number of aromatic carboxylic acids is 1. The first kappa shape index (κ1) is 13.8. The third-order valence-electron chi connectivity index (χ3n) is 3.27. The lowest BCUT2D eigenvalue weighted by molar-refractivity contribution is 0.0691. The number of nitrogens with zero attached hydrogens (tertiary/aromatic N) is 2. The van der Waals surface area contributed by atoms with Crippen LogP contribution in [0.3, 0.4) is 0 Å². The largest absolute Gasteiger partial charge is 0.476 e. The van der Waals surface area contributed by atoms with Gasteiger partial charge in [-0.2, -0.15) is 0 Å². The molecule has 2 rings (SSSR count). The standard InChI is InChI=1S/C12H17N3O3S/c1-15(6-8-3-2-4-8)12(18)13-5-10-14-9(7-19-10)11(16)17/h7-8H,2-6H2,1H3,(H,13,18)(H,16,17). The Balaban J connectivity index is 1.76. The van der Waals surface area contributed by atoms with Crippen molar-refractivity contribution in [3.63, 3.8) is 0 Å². The Morgan fingerprint density at radius 1 is 1.58 bits per heavy atom. The first-order valence-electron chi connectivity index (χ1n) is 6.23. The minimum Gasteiger partial charge on any atom is -0.476 e. The monoisotopic (exact) mass is 283 g/mol. The predicted octanol–water partition coefficient (Wildman–Crippen LogP) is 1.78. The summed E-state index contributed by atoms with van der Waals surface area (Å²) >= 11 is 1.24. The van der Waals surface area contributed by atoms with Gasteiger partial charge in [-0.05, 0) is 18.8 Å². The Hall–Kier alpha value is -1.63. The van der Waals surface area contributed by atoms with E-state index in [0.717, 1.165) is 6.54 Å². The fourth-order valence-corrected chi connectivity index (χ4v) is 2.63. The first-order valence-corrected chi connectivity index (χ1v) is 7.11. The van der Waals surface area contributed by atoms with E-state index in [-0.39, 0.29) is 18.3 Å². The van der Waals surface area contributed by atoms with Gasteiger partial charge in [-0.1, -0.05) is 6.42 Å². The number of carboxylic acid groups (broad SMARTS) is 1. The summed E-state index contributed by atoms with van der Waals surface area (Å²) in [7, 11) is 1.78. The summed E-state index contributed by atoms with van der Waals surface area (Å²) in [5, 5.41) is 13.6. The quantitative estimate of drug-likeness (QED) is 0.863. The molecule has 0 aromatic carbocycles. The van der Waals surface area contributed by atoms with E-state index in [0.29, 0.717) is 10.9 Å². The summed E-state index contributed by atoms with van der Waals surface area (Å²) in [6.07, 6.45) is 3.66. The van der Waals surface area contributed by atoms with Crippen molar-refractivity contribution in [2.75, 3.05) is 13.6 Å². The highest BCUT2D eigenvalue weighted by molar-refractivity contribution is 7.09. The Kier molecular flexibility index (Phi) is 4.36. The first-order chi connectivity index (χ1) is 9.06. The third-order valence-corrected chi connectivity index (χ3v) is 4.11. The van der Waals surface area contributed by atoms with Crippen LogP contribution in [-0.4, -0.2) is 40.6 Å². The lowest BCUT2D eigenvalue weighted by Gasteiger charge is -2.30. The Morgan fingerprint density at radius 2 is 2.32 bits per heavy atom. The number of nitrogens with one attached hydrogen (secondary N) is 1. The molecular formula is C12H17N3O3S. The molecule has 0 atom stereocenters. The second-order valence-corrected chi connectivity index (χ2v) is 5.71. The molecule has 1 fully saturated rings. The summed E-state index contributed by atoms with van der Waals surface area (Å²) in [4.78, 5) is 28.1. The van der Waals surface area contributed by atoms with Crippen LogP contribution in [0.5, 0.6) is 0 Å². The van der Waals surface area contributed by atoms with E-state index in [1.807, 2.05) is 0 Å². The molecule has 0 radical (unpaired) electrons. The number of rotatable bonds is 5. The molecule has 1 aromatic rings. The van der Waals surface area contributed by atoms with Crippen molar-refractivity contribution in [1.29, 1.82) is 0 Å². The maximum Gasteiger partial charge on any atom is 0.355 e. The average Bonchev–Trinajstić information content (AvgIpc) is 2.79. The molecule has 7 heteroatoms. The number of hydrogen-bond donors (Lipinski definition) is 2. The molecule has 0 saturated heterocycles. The highest BCUT2D eigenvalue weighted by atomic mass is 32.1. The van der Waals surface area contributed by atoms with Crippen molar-refractivity contribution in [1.82, 2.24) is 15.2 Å². The van der Waals surface area contributed by atoms with E-state index in [9.17, 15) is 9.59 Å². The molecule has 1 aliphatic rings. The number of hydrogen-bond acceptors (Lipinski definition) is 4. The van der Waals surface area contributed by atoms with Gasteiger partial charge in [0.25, 0.3) is 0 Å². The van der Waals surface area contributed by atoms with Crippen molar-refractivity contribution in [2.24, 2.45) is 5.92 Å². The lowest BCUT2D eigenvalue weighted by atomic mass is 9.85. The van der Waals surface area contributed by atoms with Crippen LogP contribution in [0.25, 0.3) is 0 Å². The van der Waals surface area contributed by atoms with Crippen LogP contribution < -0.4 is 5.32 Å². The minimum absolute atomic E-state index is 0.0251. The molecule has 104 valence electrons. The van der Waals surface area contributed by atoms with Gasteiger partial charge in [0, 0.05) is 19.0 Å². The van der Waals surface area contributed by atoms with Crippen molar-refractivity contribution >= 4 is 23.3 Å². The van der Waals surface area contributed by atoms with Gasteiger partial charge in [-0.15, -0.1) is 11.3 Å². The summed E-state index contributed by atoms with van der Waals surface area (Å²) in [5.74, 6) is -0.412. The molecule has 6 nitrogen and oxygen atoms in total. The molecule has 1 aliphatic carbocycles. The zero-order chi connectivity index (χ0) is 13.8. The zero-order valence-corrected chi connectivity index (χ0v) is 11.6. The van der Waals surface area contributed by atoms with Gasteiger partial charge in [0.2, 0.25) is 0 Å². The van der Waals surface area contributed by atoms with Gasteiger partial charge >= 0.3 is 12.0 Å². The Labute approximate surface area is 115 Å². The summed E-state index contributed by atoms with van der Waals surface area (Å²) in [6.45, 7) is 1.05. The lowest BCUT2D eigenvalue weighted by Crippen LogP contribution is -2.40. The number of carbonyl (C=O) groups is 2. The van der Waals surface area contributed by atoms with Crippen LogP contribution in [0.2, 0.25) is 0 Å². The maximum atomic E-state index is 11.8. The van der Waals surface area contributed by atoms with E-state index < -0.39 is 5.97 Å². The molecule has 1 saturated carbocycles. The number of amides is 2. The summed E-state index contributed by atoms with van der Waals surface area (Å²) in [6, 6.07) is -0.140. The molecule has 2 N–H and O–H groups in total. The summed E-state index contributed by atoms with van der Waals surface area (Å²) < 4.78 is 0. The molecule has 1 aromatic heterocycles. The predicted molar refractivity (Wildman–Crippen MR) is 71.3 cm³/mol. The number of aromatic nitrogens is 1. The van der Waals surface area contributed by atoms with E-state index in [2.05, 4.69) is 10.3 Å².